The van der Waals surface area contributed by atoms with Gasteiger partial charge in [0, 0.05) is 25.2 Å². The van der Waals surface area contributed by atoms with Gasteiger partial charge in [-0.2, -0.15) is 0 Å². The molecule has 0 bridgehead atoms. The first kappa shape index (κ1) is 9.20. The van der Waals surface area contributed by atoms with Crippen LogP contribution in [-0.4, -0.2) is 0 Å². The van der Waals surface area contributed by atoms with E-state index < -0.39 is 0 Å². The highest BCUT2D eigenvalue weighted by atomic mass is 35.5. The minimum atomic E-state index is 0.809. The fraction of sp³-hybridized carbons (Fsp3) is 0.0769. The SMILES string of the molecule is Cc1ccc2sc3ccc(Cl)cc3c2c1. The molecule has 0 spiro atoms. The zero-order chi connectivity index (χ0) is 10.4. The molecule has 74 valence electrons. The maximum Gasteiger partial charge on any atom is 0.0413 e. The minimum Gasteiger partial charge on any atom is -0.135 e. The second-order valence-corrected chi connectivity index (χ2v) is 5.26. The molecule has 2 heteroatoms. The molecule has 0 aliphatic heterocycles. The van der Waals surface area contributed by atoms with Gasteiger partial charge in [0.15, 0.2) is 0 Å². The van der Waals surface area contributed by atoms with E-state index >= 15 is 0 Å². The number of halogens is 1. The highest BCUT2D eigenvalue weighted by molar-refractivity contribution is 7.25. The smallest absolute Gasteiger partial charge is 0.0413 e. The largest absolute Gasteiger partial charge is 0.135 e. The summed E-state index contributed by atoms with van der Waals surface area (Å²) >= 11 is 7.84. The fourth-order valence-corrected chi connectivity index (χ4v) is 3.10. The molecular formula is C13H9ClS. The van der Waals surface area contributed by atoms with Crippen LogP contribution < -0.4 is 0 Å². The van der Waals surface area contributed by atoms with Crippen molar-refractivity contribution in [2.75, 3.05) is 0 Å². The Morgan fingerprint density at radius 1 is 0.933 bits per heavy atom. The molecule has 0 aliphatic carbocycles. The van der Waals surface area contributed by atoms with Crippen molar-refractivity contribution in [3.05, 3.63) is 47.0 Å². The van der Waals surface area contributed by atoms with Crippen molar-refractivity contribution in [2.45, 2.75) is 6.92 Å². The van der Waals surface area contributed by atoms with Crippen molar-refractivity contribution >= 4 is 43.1 Å². The lowest BCUT2D eigenvalue weighted by Crippen LogP contribution is -1.70. The molecule has 0 nitrogen and oxygen atoms in total. The van der Waals surface area contributed by atoms with E-state index in [0.29, 0.717) is 0 Å². The van der Waals surface area contributed by atoms with Crippen molar-refractivity contribution in [3.8, 4) is 0 Å². The molecule has 0 saturated heterocycles. The zero-order valence-corrected chi connectivity index (χ0v) is 9.82. The van der Waals surface area contributed by atoms with Crippen LogP contribution in [0.4, 0.5) is 0 Å². The standard InChI is InChI=1S/C13H9ClS/c1-8-2-4-12-10(6-8)11-7-9(14)3-5-13(11)15-12/h2-7H,1H3. The van der Waals surface area contributed by atoms with E-state index in [1.54, 1.807) is 0 Å². The first-order valence-corrected chi connectivity index (χ1v) is 6.02. The quantitative estimate of drug-likeness (QED) is 0.511. The van der Waals surface area contributed by atoms with E-state index in [1.165, 1.54) is 25.7 Å². The molecule has 0 amide bonds. The molecule has 0 N–H and O–H groups in total. The normalized spacial score (nSPS) is 11.3. The molecule has 15 heavy (non-hydrogen) atoms. The molecule has 0 atom stereocenters. The van der Waals surface area contributed by atoms with Gasteiger partial charge in [-0.1, -0.05) is 23.2 Å². The molecule has 1 aromatic heterocycles. The molecule has 2 aromatic carbocycles. The molecule has 0 radical (unpaired) electrons. The number of hydrogen-bond donors (Lipinski definition) is 0. The van der Waals surface area contributed by atoms with Crippen molar-refractivity contribution in [2.24, 2.45) is 0 Å². The molecule has 3 rings (SSSR count). The Hall–Kier alpha value is -1.05. The lowest BCUT2D eigenvalue weighted by Gasteiger charge is -1.94. The highest BCUT2D eigenvalue weighted by Crippen LogP contribution is 2.35. The topological polar surface area (TPSA) is 0 Å². The van der Waals surface area contributed by atoms with Crippen LogP contribution in [0.5, 0.6) is 0 Å². The highest BCUT2D eigenvalue weighted by Gasteiger charge is 2.04. The monoisotopic (exact) mass is 232 g/mol. The van der Waals surface area contributed by atoms with E-state index in [4.69, 9.17) is 11.6 Å². The van der Waals surface area contributed by atoms with Gasteiger partial charge in [0.05, 0.1) is 0 Å². The van der Waals surface area contributed by atoms with Crippen molar-refractivity contribution < 1.29 is 0 Å². The molecule has 1 heterocycles. The van der Waals surface area contributed by atoms with Crippen LogP contribution in [0.2, 0.25) is 5.02 Å². The predicted molar refractivity (Wildman–Crippen MR) is 69.1 cm³/mol. The minimum absolute atomic E-state index is 0.809. The Labute approximate surface area is 97.1 Å². The van der Waals surface area contributed by atoms with Gasteiger partial charge in [-0.15, -0.1) is 11.3 Å². The Kier molecular flexibility index (Phi) is 1.98. The van der Waals surface area contributed by atoms with E-state index in [2.05, 4.69) is 37.3 Å². The second-order valence-electron chi connectivity index (χ2n) is 3.74. The Morgan fingerprint density at radius 3 is 2.40 bits per heavy atom. The van der Waals surface area contributed by atoms with E-state index in [-0.39, 0.29) is 0 Å². The molecule has 0 saturated carbocycles. The first-order chi connectivity index (χ1) is 7.24. The predicted octanol–water partition coefficient (Wildman–Crippen LogP) is 5.02. The van der Waals surface area contributed by atoms with Crippen LogP contribution in [0.15, 0.2) is 36.4 Å². The maximum atomic E-state index is 6.02. The number of benzene rings is 2. The van der Waals surface area contributed by atoms with Gasteiger partial charge in [0.25, 0.3) is 0 Å². The molecule has 0 aliphatic rings. The van der Waals surface area contributed by atoms with Crippen LogP contribution in [0.25, 0.3) is 20.2 Å². The Morgan fingerprint density at radius 2 is 1.60 bits per heavy atom. The number of aryl methyl sites for hydroxylation is 1. The van der Waals surface area contributed by atoms with Crippen molar-refractivity contribution in [1.82, 2.24) is 0 Å². The summed E-state index contributed by atoms with van der Waals surface area (Å²) in [5.41, 5.74) is 1.29. The van der Waals surface area contributed by atoms with Crippen LogP contribution in [0.1, 0.15) is 5.56 Å². The molecule has 3 aromatic rings. The molecule has 0 fully saturated rings. The lowest BCUT2D eigenvalue weighted by atomic mass is 10.1. The summed E-state index contributed by atoms with van der Waals surface area (Å²) in [7, 11) is 0. The van der Waals surface area contributed by atoms with E-state index in [1.807, 2.05) is 17.4 Å². The Balaban J connectivity index is 2.55. The first-order valence-electron chi connectivity index (χ1n) is 4.82. The van der Waals surface area contributed by atoms with Crippen LogP contribution in [0, 0.1) is 6.92 Å². The summed E-state index contributed by atoms with van der Waals surface area (Å²) < 4.78 is 2.64. The molecular weight excluding hydrogens is 224 g/mol. The van der Waals surface area contributed by atoms with E-state index in [0.717, 1.165) is 5.02 Å². The van der Waals surface area contributed by atoms with Gasteiger partial charge in [-0.3, -0.25) is 0 Å². The average Bonchev–Trinajstić information content (AvgIpc) is 2.56. The van der Waals surface area contributed by atoms with E-state index in [9.17, 15) is 0 Å². The van der Waals surface area contributed by atoms with Crippen LogP contribution in [0.3, 0.4) is 0 Å². The van der Waals surface area contributed by atoms with Crippen molar-refractivity contribution in [3.63, 3.8) is 0 Å². The summed E-state index contributed by atoms with van der Waals surface area (Å²) in [5, 5.41) is 3.40. The lowest BCUT2D eigenvalue weighted by molar-refractivity contribution is 1.52. The van der Waals surface area contributed by atoms with Gasteiger partial charge >= 0.3 is 0 Å². The number of fused-ring (bicyclic) bond motifs is 3. The number of thiophene rings is 1. The zero-order valence-electron chi connectivity index (χ0n) is 8.25. The van der Waals surface area contributed by atoms with Gasteiger partial charge < -0.3 is 0 Å². The second kappa shape index (κ2) is 3.22. The summed E-state index contributed by atoms with van der Waals surface area (Å²) in [5.74, 6) is 0. The van der Waals surface area contributed by atoms with Gasteiger partial charge in [0.1, 0.15) is 0 Å². The van der Waals surface area contributed by atoms with Crippen molar-refractivity contribution in [1.29, 1.82) is 0 Å². The van der Waals surface area contributed by atoms with Gasteiger partial charge in [0.2, 0.25) is 0 Å². The third-order valence-corrected chi connectivity index (χ3v) is 3.97. The summed E-state index contributed by atoms with van der Waals surface area (Å²) in [6.45, 7) is 2.12. The third-order valence-electron chi connectivity index (χ3n) is 2.59. The van der Waals surface area contributed by atoms with Gasteiger partial charge in [-0.05, 0) is 37.3 Å². The maximum absolute atomic E-state index is 6.02. The summed E-state index contributed by atoms with van der Waals surface area (Å²) in [6, 6.07) is 12.7. The average molecular weight is 233 g/mol. The van der Waals surface area contributed by atoms with Crippen LogP contribution in [-0.2, 0) is 0 Å². The summed E-state index contributed by atoms with van der Waals surface area (Å²) in [6.07, 6.45) is 0. The summed E-state index contributed by atoms with van der Waals surface area (Å²) in [4.78, 5) is 0. The fourth-order valence-electron chi connectivity index (χ4n) is 1.86. The number of hydrogen-bond acceptors (Lipinski definition) is 1. The van der Waals surface area contributed by atoms with Gasteiger partial charge in [-0.25, -0.2) is 0 Å². The Bertz CT molecular complexity index is 596. The molecule has 0 unspecified atom stereocenters. The number of rotatable bonds is 0. The third kappa shape index (κ3) is 1.43. The van der Waals surface area contributed by atoms with Crippen LogP contribution >= 0.6 is 22.9 Å².